The molecule has 2 aromatic carbocycles. The highest BCUT2D eigenvalue weighted by Gasteiger charge is 2.14. The van der Waals surface area contributed by atoms with E-state index in [-0.39, 0.29) is 6.04 Å². The van der Waals surface area contributed by atoms with Crippen LogP contribution < -0.4 is 10.5 Å². The second kappa shape index (κ2) is 5.42. The number of hydrogen-bond acceptors (Lipinski definition) is 2. The number of rotatable bonds is 3. The van der Waals surface area contributed by atoms with Crippen molar-refractivity contribution < 1.29 is 4.74 Å². The van der Waals surface area contributed by atoms with Crippen LogP contribution in [0.3, 0.4) is 0 Å². The van der Waals surface area contributed by atoms with Crippen LogP contribution in [0.5, 0.6) is 5.75 Å². The van der Waals surface area contributed by atoms with Gasteiger partial charge in [-0.3, -0.25) is 0 Å². The summed E-state index contributed by atoms with van der Waals surface area (Å²) in [5, 5.41) is 0.695. The fraction of sp³-hybridized carbons (Fsp3) is 0.200. The maximum absolute atomic E-state index is 6.28. The van der Waals surface area contributed by atoms with Gasteiger partial charge in [-0.25, -0.2) is 0 Å². The summed E-state index contributed by atoms with van der Waals surface area (Å²) < 4.78 is 5.19. The minimum absolute atomic E-state index is 0.218. The van der Waals surface area contributed by atoms with Crippen molar-refractivity contribution in [3.05, 3.63) is 64.2 Å². The zero-order chi connectivity index (χ0) is 13.1. The van der Waals surface area contributed by atoms with E-state index in [1.807, 2.05) is 49.4 Å². The summed E-state index contributed by atoms with van der Waals surface area (Å²) >= 11 is 6.18. The fourth-order valence-electron chi connectivity index (χ4n) is 2.02. The van der Waals surface area contributed by atoms with Gasteiger partial charge < -0.3 is 10.5 Å². The van der Waals surface area contributed by atoms with Gasteiger partial charge in [-0.1, -0.05) is 35.9 Å². The van der Waals surface area contributed by atoms with Gasteiger partial charge in [0, 0.05) is 5.02 Å². The van der Waals surface area contributed by atoms with Crippen LogP contribution in [-0.2, 0) is 0 Å². The summed E-state index contributed by atoms with van der Waals surface area (Å²) in [6.45, 7) is 2.02. The smallest absolute Gasteiger partial charge is 0.119 e. The Hall–Kier alpha value is -1.51. The third-order valence-electron chi connectivity index (χ3n) is 3.05. The maximum Gasteiger partial charge on any atom is 0.119 e. The van der Waals surface area contributed by atoms with Gasteiger partial charge in [-0.05, 0) is 41.8 Å². The van der Waals surface area contributed by atoms with E-state index in [9.17, 15) is 0 Å². The quantitative estimate of drug-likeness (QED) is 0.914. The number of ether oxygens (including phenoxy) is 1. The summed E-state index contributed by atoms with van der Waals surface area (Å²) in [6, 6.07) is 13.3. The Balaban J connectivity index is 2.40. The molecular formula is C15H16ClNO. The first kappa shape index (κ1) is 12.9. The molecule has 3 heteroatoms. The molecule has 0 bridgehead atoms. The fourth-order valence-corrected chi connectivity index (χ4v) is 2.27. The van der Waals surface area contributed by atoms with Gasteiger partial charge >= 0.3 is 0 Å². The van der Waals surface area contributed by atoms with Crippen LogP contribution in [0.2, 0.25) is 5.02 Å². The van der Waals surface area contributed by atoms with Crippen molar-refractivity contribution in [3.63, 3.8) is 0 Å². The molecule has 1 atom stereocenters. The molecule has 0 saturated heterocycles. The van der Waals surface area contributed by atoms with E-state index >= 15 is 0 Å². The number of methoxy groups -OCH3 is 1. The van der Waals surface area contributed by atoms with Gasteiger partial charge in [0.25, 0.3) is 0 Å². The van der Waals surface area contributed by atoms with Crippen LogP contribution in [0.4, 0.5) is 0 Å². The zero-order valence-corrected chi connectivity index (χ0v) is 11.2. The Morgan fingerprint density at radius 3 is 2.44 bits per heavy atom. The van der Waals surface area contributed by atoms with E-state index in [4.69, 9.17) is 22.1 Å². The zero-order valence-electron chi connectivity index (χ0n) is 10.5. The molecule has 0 radical (unpaired) electrons. The molecule has 2 nitrogen and oxygen atoms in total. The van der Waals surface area contributed by atoms with E-state index in [1.165, 1.54) is 0 Å². The van der Waals surface area contributed by atoms with Crippen molar-refractivity contribution in [2.45, 2.75) is 13.0 Å². The topological polar surface area (TPSA) is 35.2 Å². The first-order valence-corrected chi connectivity index (χ1v) is 6.16. The standard InChI is InChI=1S/C15H16ClNO/c1-10-9-11(18-2)7-8-12(10)15(17)13-5-3-4-6-14(13)16/h3-9,15H,17H2,1-2H3/t15-/m1/s1. The highest BCUT2D eigenvalue weighted by molar-refractivity contribution is 6.31. The van der Waals surface area contributed by atoms with Crippen molar-refractivity contribution in [3.8, 4) is 5.75 Å². The van der Waals surface area contributed by atoms with Crippen LogP contribution in [0.25, 0.3) is 0 Å². The van der Waals surface area contributed by atoms with Gasteiger partial charge in [0.15, 0.2) is 0 Å². The summed E-state index contributed by atoms with van der Waals surface area (Å²) in [5.74, 6) is 0.836. The lowest BCUT2D eigenvalue weighted by atomic mass is 9.95. The molecule has 0 aliphatic rings. The number of benzene rings is 2. The van der Waals surface area contributed by atoms with Gasteiger partial charge in [0.05, 0.1) is 13.2 Å². The highest BCUT2D eigenvalue weighted by Crippen LogP contribution is 2.29. The molecule has 0 aliphatic carbocycles. The molecule has 0 amide bonds. The molecule has 0 aliphatic heterocycles. The van der Waals surface area contributed by atoms with Crippen LogP contribution in [0.15, 0.2) is 42.5 Å². The van der Waals surface area contributed by atoms with Crippen LogP contribution >= 0.6 is 11.6 Å². The molecule has 0 unspecified atom stereocenters. The maximum atomic E-state index is 6.28. The first-order chi connectivity index (χ1) is 8.63. The van der Waals surface area contributed by atoms with E-state index < -0.39 is 0 Å². The summed E-state index contributed by atoms with van der Waals surface area (Å²) in [5.41, 5.74) is 9.38. The molecule has 2 N–H and O–H groups in total. The predicted octanol–water partition coefficient (Wildman–Crippen LogP) is 3.71. The summed E-state index contributed by atoms with van der Waals surface area (Å²) in [4.78, 5) is 0. The summed E-state index contributed by atoms with van der Waals surface area (Å²) in [6.07, 6.45) is 0. The largest absolute Gasteiger partial charge is 0.497 e. The van der Waals surface area contributed by atoms with Crippen LogP contribution in [0.1, 0.15) is 22.7 Å². The Morgan fingerprint density at radius 1 is 1.11 bits per heavy atom. The molecular weight excluding hydrogens is 246 g/mol. The number of halogens is 1. The molecule has 0 heterocycles. The van der Waals surface area contributed by atoms with Crippen molar-refractivity contribution >= 4 is 11.6 Å². The number of aryl methyl sites for hydroxylation is 1. The second-order valence-corrected chi connectivity index (χ2v) is 4.63. The monoisotopic (exact) mass is 261 g/mol. The average Bonchev–Trinajstić information content (AvgIpc) is 2.38. The Labute approximate surface area is 112 Å². The third kappa shape index (κ3) is 2.50. The summed E-state index contributed by atoms with van der Waals surface area (Å²) in [7, 11) is 1.66. The molecule has 0 spiro atoms. The Kier molecular flexibility index (Phi) is 3.90. The highest BCUT2D eigenvalue weighted by atomic mass is 35.5. The predicted molar refractivity (Wildman–Crippen MR) is 75.2 cm³/mol. The molecule has 0 saturated carbocycles. The van der Waals surface area contributed by atoms with E-state index in [0.29, 0.717) is 5.02 Å². The lowest BCUT2D eigenvalue weighted by Gasteiger charge is -2.17. The van der Waals surface area contributed by atoms with Crippen molar-refractivity contribution in [2.24, 2.45) is 5.73 Å². The van der Waals surface area contributed by atoms with Crippen molar-refractivity contribution in [1.29, 1.82) is 0 Å². The van der Waals surface area contributed by atoms with Gasteiger partial charge in [-0.2, -0.15) is 0 Å². The van der Waals surface area contributed by atoms with E-state index in [2.05, 4.69) is 0 Å². The molecule has 0 fully saturated rings. The van der Waals surface area contributed by atoms with Crippen LogP contribution in [-0.4, -0.2) is 7.11 Å². The van der Waals surface area contributed by atoms with Crippen LogP contribution in [0, 0.1) is 6.92 Å². The average molecular weight is 262 g/mol. The first-order valence-electron chi connectivity index (χ1n) is 5.78. The van der Waals surface area contributed by atoms with E-state index in [1.54, 1.807) is 7.11 Å². The van der Waals surface area contributed by atoms with E-state index in [0.717, 1.165) is 22.4 Å². The Bertz CT molecular complexity index is 554. The lowest BCUT2D eigenvalue weighted by Crippen LogP contribution is -2.13. The number of nitrogens with two attached hydrogens (primary N) is 1. The third-order valence-corrected chi connectivity index (χ3v) is 3.40. The van der Waals surface area contributed by atoms with Crippen molar-refractivity contribution in [2.75, 3.05) is 7.11 Å². The Morgan fingerprint density at radius 2 is 1.83 bits per heavy atom. The molecule has 18 heavy (non-hydrogen) atoms. The van der Waals surface area contributed by atoms with Gasteiger partial charge in [-0.15, -0.1) is 0 Å². The molecule has 94 valence electrons. The minimum atomic E-state index is -0.218. The lowest BCUT2D eigenvalue weighted by molar-refractivity contribution is 0.414. The van der Waals surface area contributed by atoms with Crippen molar-refractivity contribution in [1.82, 2.24) is 0 Å². The van der Waals surface area contributed by atoms with Gasteiger partial charge in [0.2, 0.25) is 0 Å². The normalized spacial score (nSPS) is 12.2. The SMILES string of the molecule is COc1ccc([C@@H](N)c2ccccc2Cl)c(C)c1. The second-order valence-electron chi connectivity index (χ2n) is 4.22. The minimum Gasteiger partial charge on any atom is -0.497 e. The number of hydrogen-bond donors (Lipinski definition) is 1. The molecule has 2 aromatic rings. The molecule has 0 aromatic heterocycles. The van der Waals surface area contributed by atoms with Gasteiger partial charge in [0.1, 0.15) is 5.75 Å². The molecule has 2 rings (SSSR count).